The predicted octanol–water partition coefficient (Wildman–Crippen LogP) is 4.20. The Morgan fingerprint density at radius 1 is 1.10 bits per heavy atom. The minimum atomic E-state index is -1.01. The van der Waals surface area contributed by atoms with E-state index >= 15 is 0 Å². The number of hydrogen-bond acceptors (Lipinski definition) is 7. The molecule has 0 bridgehead atoms. The lowest BCUT2D eigenvalue weighted by atomic mass is 9.73. The van der Waals surface area contributed by atoms with Crippen LogP contribution >= 0.6 is 0 Å². The predicted molar refractivity (Wildman–Crippen MR) is 164 cm³/mol. The van der Waals surface area contributed by atoms with Gasteiger partial charge in [0.05, 0.1) is 18.1 Å². The topological polar surface area (TPSA) is 113 Å². The second-order valence-electron chi connectivity index (χ2n) is 11.8. The number of carbonyl (C=O) groups is 2. The molecular formula is C33H48N4O5. The van der Waals surface area contributed by atoms with Crippen LogP contribution in [0.15, 0.2) is 42.5 Å². The first kappa shape index (κ1) is 31.9. The maximum atomic E-state index is 13.7. The van der Waals surface area contributed by atoms with Gasteiger partial charge in [0.15, 0.2) is 0 Å². The fourth-order valence-electron chi connectivity index (χ4n) is 5.89. The molecule has 0 spiro atoms. The van der Waals surface area contributed by atoms with Gasteiger partial charge in [-0.25, -0.2) is 9.78 Å². The Labute approximate surface area is 250 Å². The van der Waals surface area contributed by atoms with Crippen molar-refractivity contribution in [3.63, 3.8) is 0 Å². The van der Waals surface area contributed by atoms with Crippen LogP contribution in [0.25, 0.3) is 0 Å². The first-order valence-corrected chi connectivity index (χ1v) is 15.6. The third-order valence-electron chi connectivity index (χ3n) is 8.41. The number of benzene rings is 1. The standard InChI is InChI=1S/C33H48N4O5/c1-25(2)42-24-21-37(19-7-6-12-28-14-13-26-9-8-18-34-30(26)35-28)20-15-29(31(38)39)36-32(40)33(16-22-41-23-17-33)27-10-4-3-5-11-27/h3-5,10-11,13-14,25,29H,6-9,12,15-24H2,1-2H3,(H,34,35)(H,36,40)(H,38,39). The van der Waals surface area contributed by atoms with Crippen molar-refractivity contribution in [2.24, 2.45) is 0 Å². The lowest BCUT2D eigenvalue weighted by Gasteiger charge is -2.37. The van der Waals surface area contributed by atoms with Gasteiger partial charge in [-0.3, -0.25) is 4.79 Å². The van der Waals surface area contributed by atoms with Gasteiger partial charge in [-0.1, -0.05) is 36.4 Å². The number of rotatable bonds is 16. The zero-order valence-electron chi connectivity index (χ0n) is 25.3. The van der Waals surface area contributed by atoms with Gasteiger partial charge in [-0.15, -0.1) is 0 Å². The second kappa shape index (κ2) is 16.0. The number of aliphatic carboxylic acids is 1. The van der Waals surface area contributed by atoms with E-state index < -0.39 is 17.4 Å². The van der Waals surface area contributed by atoms with Crippen molar-refractivity contribution in [1.82, 2.24) is 15.2 Å². The highest BCUT2D eigenvalue weighted by Gasteiger charge is 2.43. The van der Waals surface area contributed by atoms with Gasteiger partial charge >= 0.3 is 5.97 Å². The van der Waals surface area contributed by atoms with Gasteiger partial charge in [0.2, 0.25) is 5.91 Å². The third-order valence-corrected chi connectivity index (χ3v) is 8.41. The number of aromatic nitrogens is 1. The Kier molecular flexibility index (Phi) is 12.2. The summed E-state index contributed by atoms with van der Waals surface area (Å²) in [5, 5.41) is 16.4. The molecule has 1 aromatic heterocycles. The van der Waals surface area contributed by atoms with Crippen LogP contribution in [0.5, 0.6) is 0 Å². The molecule has 1 atom stereocenters. The van der Waals surface area contributed by atoms with Crippen molar-refractivity contribution < 1.29 is 24.2 Å². The second-order valence-corrected chi connectivity index (χ2v) is 11.8. The highest BCUT2D eigenvalue weighted by Crippen LogP contribution is 2.35. The number of pyridine rings is 1. The fraction of sp³-hybridized carbons (Fsp3) is 0.606. The number of amides is 1. The van der Waals surface area contributed by atoms with Crippen molar-refractivity contribution in [1.29, 1.82) is 0 Å². The fourth-order valence-corrected chi connectivity index (χ4v) is 5.89. The molecule has 1 fully saturated rings. The maximum absolute atomic E-state index is 13.7. The molecule has 3 N–H and O–H groups in total. The van der Waals surface area contributed by atoms with Gasteiger partial charge in [-0.05, 0) is 89.0 Å². The minimum Gasteiger partial charge on any atom is -0.480 e. The van der Waals surface area contributed by atoms with Crippen LogP contribution in [0.3, 0.4) is 0 Å². The largest absolute Gasteiger partial charge is 0.480 e. The van der Waals surface area contributed by atoms with E-state index in [1.807, 2.05) is 44.2 Å². The molecule has 1 unspecified atom stereocenters. The highest BCUT2D eigenvalue weighted by molar-refractivity contribution is 5.91. The van der Waals surface area contributed by atoms with Crippen molar-refractivity contribution in [2.45, 2.75) is 82.8 Å². The van der Waals surface area contributed by atoms with Gasteiger partial charge in [0, 0.05) is 38.5 Å². The molecule has 1 saturated heterocycles. The minimum absolute atomic E-state index is 0.134. The number of fused-ring (bicyclic) bond motifs is 1. The molecule has 1 aromatic carbocycles. The summed E-state index contributed by atoms with van der Waals surface area (Å²) < 4.78 is 11.4. The van der Waals surface area contributed by atoms with Crippen LogP contribution in [0.1, 0.15) is 69.2 Å². The molecule has 230 valence electrons. The van der Waals surface area contributed by atoms with E-state index in [4.69, 9.17) is 14.5 Å². The Balaban J connectivity index is 1.33. The lowest BCUT2D eigenvalue weighted by molar-refractivity contribution is -0.144. The number of anilines is 1. The molecule has 2 aromatic rings. The average Bonchev–Trinajstić information content (AvgIpc) is 3.01. The molecule has 0 aliphatic carbocycles. The highest BCUT2D eigenvalue weighted by atomic mass is 16.5. The number of hydrogen-bond donors (Lipinski definition) is 3. The zero-order chi connectivity index (χ0) is 29.8. The summed E-state index contributed by atoms with van der Waals surface area (Å²) >= 11 is 0. The summed E-state index contributed by atoms with van der Waals surface area (Å²) in [6.07, 6.45) is 6.62. The monoisotopic (exact) mass is 580 g/mol. The van der Waals surface area contributed by atoms with E-state index in [0.29, 0.717) is 52.2 Å². The Hall–Kier alpha value is -3.01. The van der Waals surface area contributed by atoms with Gasteiger partial charge in [0.25, 0.3) is 0 Å². The van der Waals surface area contributed by atoms with Crippen LogP contribution < -0.4 is 10.6 Å². The number of nitrogens with zero attached hydrogens (tertiary/aromatic N) is 2. The summed E-state index contributed by atoms with van der Waals surface area (Å²) in [5.74, 6) is -0.210. The molecule has 0 saturated carbocycles. The molecule has 9 heteroatoms. The number of aryl methyl sites for hydroxylation is 2. The smallest absolute Gasteiger partial charge is 0.326 e. The van der Waals surface area contributed by atoms with Crippen molar-refractivity contribution in [3.8, 4) is 0 Å². The van der Waals surface area contributed by atoms with E-state index in [9.17, 15) is 14.7 Å². The summed E-state index contributed by atoms with van der Waals surface area (Å²) in [7, 11) is 0. The molecule has 1 amide bonds. The van der Waals surface area contributed by atoms with E-state index in [-0.39, 0.29) is 12.0 Å². The average molecular weight is 581 g/mol. The first-order valence-electron chi connectivity index (χ1n) is 15.6. The van der Waals surface area contributed by atoms with Crippen LogP contribution in [-0.4, -0.2) is 85.0 Å². The van der Waals surface area contributed by atoms with Crippen molar-refractivity contribution in [3.05, 3.63) is 59.3 Å². The van der Waals surface area contributed by atoms with E-state index in [0.717, 1.165) is 62.3 Å². The van der Waals surface area contributed by atoms with Gasteiger partial charge in [-0.2, -0.15) is 0 Å². The summed E-state index contributed by atoms with van der Waals surface area (Å²) in [4.78, 5) is 33.1. The molecule has 0 radical (unpaired) electrons. The van der Waals surface area contributed by atoms with Crippen LogP contribution in [0, 0.1) is 0 Å². The molecular weight excluding hydrogens is 532 g/mol. The normalized spacial score (nSPS) is 17.0. The number of carboxylic acid groups (broad SMARTS) is 1. The number of carbonyl (C=O) groups excluding carboxylic acids is 1. The molecule has 3 heterocycles. The maximum Gasteiger partial charge on any atom is 0.326 e. The van der Waals surface area contributed by atoms with Gasteiger partial charge < -0.3 is 30.1 Å². The van der Waals surface area contributed by atoms with E-state index in [2.05, 4.69) is 27.7 Å². The van der Waals surface area contributed by atoms with Crippen LogP contribution in [-0.2, 0) is 37.3 Å². The quantitative estimate of drug-likeness (QED) is 0.253. The van der Waals surface area contributed by atoms with Crippen LogP contribution in [0.2, 0.25) is 0 Å². The lowest BCUT2D eigenvalue weighted by Crippen LogP contribution is -2.53. The Bertz CT molecular complexity index is 1140. The SMILES string of the molecule is CC(C)OCCN(CCCCc1ccc2c(n1)NCCC2)CCC(NC(=O)C1(c2ccccc2)CCOCC1)C(=O)O. The molecule has 2 aliphatic rings. The van der Waals surface area contributed by atoms with Crippen molar-refractivity contribution >= 4 is 17.7 Å². The van der Waals surface area contributed by atoms with Crippen LogP contribution in [0.4, 0.5) is 5.82 Å². The molecule has 9 nitrogen and oxygen atoms in total. The summed E-state index contributed by atoms with van der Waals surface area (Å²) in [5.41, 5.74) is 2.53. The van der Waals surface area contributed by atoms with Gasteiger partial charge in [0.1, 0.15) is 11.9 Å². The number of carboxylic acids is 1. The Morgan fingerprint density at radius 2 is 1.88 bits per heavy atom. The van der Waals surface area contributed by atoms with E-state index in [1.54, 1.807) is 0 Å². The number of unbranched alkanes of at least 4 members (excludes halogenated alkanes) is 1. The molecule has 2 aliphatic heterocycles. The Morgan fingerprint density at radius 3 is 2.62 bits per heavy atom. The summed E-state index contributed by atoms with van der Waals surface area (Å²) in [6, 6.07) is 13.0. The summed E-state index contributed by atoms with van der Waals surface area (Å²) in [6.45, 7) is 8.64. The van der Waals surface area contributed by atoms with Crippen molar-refractivity contribution in [2.75, 3.05) is 51.3 Å². The first-order chi connectivity index (χ1) is 20.4. The molecule has 42 heavy (non-hydrogen) atoms. The number of nitrogens with one attached hydrogen (secondary N) is 2. The van der Waals surface area contributed by atoms with E-state index in [1.165, 1.54) is 5.56 Å². The third kappa shape index (κ3) is 8.99. The zero-order valence-corrected chi connectivity index (χ0v) is 25.3. The molecule has 4 rings (SSSR count). The number of ether oxygens (including phenoxy) is 2.